The lowest BCUT2D eigenvalue weighted by atomic mass is 10.2. The van der Waals surface area contributed by atoms with Gasteiger partial charge in [0.15, 0.2) is 0 Å². The molecule has 7 heteroatoms. The summed E-state index contributed by atoms with van der Waals surface area (Å²) in [5.41, 5.74) is 1.16. The van der Waals surface area contributed by atoms with Crippen molar-refractivity contribution in [1.29, 1.82) is 0 Å². The number of hydrogen-bond acceptors (Lipinski definition) is 3. The zero-order chi connectivity index (χ0) is 15.5. The van der Waals surface area contributed by atoms with E-state index in [4.69, 9.17) is 28.3 Å². The molecule has 0 atom stereocenters. The van der Waals surface area contributed by atoms with E-state index in [1.54, 1.807) is 24.3 Å². The topological polar surface area (TPSA) is 66.4 Å². The molecule has 0 aliphatic carbocycles. The van der Waals surface area contributed by atoms with Gasteiger partial charge in [-0.3, -0.25) is 0 Å². The molecule has 0 saturated heterocycles. The largest absolute Gasteiger partial charge is 0.392 e. The third kappa shape index (κ3) is 3.96. The third-order valence-electron chi connectivity index (χ3n) is 2.92. The second-order valence-electron chi connectivity index (χ2n) is 4.33. The highest BCUT2D eigenvalue weighted by atomic mass is 35.5. The van der Waals surface area contributed by atoms with Crippen LogP contribution in [0.25, 0.3) is 0 Å². The lowest BCUT2D eigenvalue weighted by Crippen LogP contribution is -2.23. The van der Waals surface area contributed by atoms with Gasteiger partial charge in [0, 0.05) is 16.6 Å². The van der Waals surface area contributed by atoms with E-state index in [9.17, 15) is 8.42 Å². The van der Waals surface area contributed by atoms with Crippen LogP contribution in [0.5, 0.6) is 0 Å². The van der Waals surface area contributed by atoms with Gasteiger partial charge < -0.3 is 5.11 Å². The molecule has 2 rings (SSSR count). The van der Waals surface area contributed by atoms with Crippen molar-refractivity contribution in [1.82, 2.24) is 4.72 Å². The highest BCUT2D eigenvalue weighted by molar-refractivity contribution is 7.89. The predicted molar refractivity (Wildman–Crippen MR) is 82.9 cm³/mol. The van der Waals surface area contributed by atoms with Crippen molar-refractivity contribution in [2.24, 2.45) is 0 Å². The summed E-state index contributed by atoms with van der Waals surface area (Å²) in [6.45, 7) is -0.159. The molecule has 0 saturated carbocycles. The van der Waals surface area contributed by atoms with Crippen molar-refractivity contribution < 1.29 is 13.5 Å². The fourth-order valence-corrected chi connectivity index (χ4v) is 3.26. The van der Waals surface area contributed by atoms with Crippen molar-refractivity contribution in [2.45, 2.75) is 18.0 Å². The molecule has 0 amide bonds. The Labute approximate surface area is 133 Å². The van der Waals surface area contributed by atoms with Gasteiger partial charge in [-0.05, 0) is 29.3 Å². The first-order chi connectivity index (χ1) is 9.94. The van der Waals surface area contributed by atoms with E-state index in [0.29, 0.717) is 16.1 Å². The number of aliphatic hydroxyl groups excluding tert-OH is 1. The Morgan fingerprint density at radius 3 is 2.33 bits per heavy atom. The Morgan fingerprint density at radius 2 is 1.71 bits per heavy atom. The first-order valence-corrected chi connectivity index (χ1v) is 8.30. The van der Waals surface area contributed by atoms with Gasteiger partial charge in [-0.1, -0.05) is 47.5 Å². The number of nitrogens with one attached hydrogen (secondary N) is 1. The molecule has 112 valence electrons. The molecule has 0 aliphatic rings. The average molecular weight is 346 g/mol. The van der Waals surface area contributed by atoms with Crippen LogP contribution in [0, 0.1) is 0 Å². The van der Waals surface area contributed by atoms with Crippen LogP contribution in [0.1, 0.15) is 11.1 Å². The minimum absolute atomic E-state index is 0.0387. The fourth-order valence-electron chi connectivity index (χ4n) is 1.72. The Morgan fingerprint density at radius 1 is 1.00 bits per heavy atom. The molecule has 0 bridgehead atoms. The summed E-state index contributed by atoms with van der Waals surface area (Å²) >= 11 is 11.9. The van der Waals surface area contributed by atoms with Gasteiger partial charge >= 0.3 is 0 Å². The minimum atomic E-state index is -3.70. The fraction of sp³-hybridized carbons (Fsp3) is 0.143. The van der Waals surface area contributed by atoms with Gasteiger partial charge in [-0.25, -0.2) is 13.1 Å². The van der Waals surface area contributed by atoms with Crippen molar-refractivity contribution in [3.8, 4) is 0 Å². The molecule has 2 N–H and O–H groups in total. The molecule has 21 heavy (non-hydrogen) atoms. The van der Waals surface area contributed by atoms with Crippen LogP contribution >= 0.6 is 23.2 Å². The summed E-state index contributed by atoms with van der Waals surface area (Å²) in [7, 11) is -3.70. The third-order valence-corrected chi connectivity index (χ3v) is 5.04. The van der Waals surface area contributed by atoms with Crippen molar-refractivity contribution >= 4 is 33.2 Å². The maximum absolute atomic E-state index is 12.2. The summed E-state index contributed by atoms with van der Waals surface area (Å²) in [6, 6.07) is 11.2. The minimum Gasteiger partial charge on any atom is -0.392 e. The highest BCUT2D eigenvalue weighted by Crippen LogP contribution is 2.21. The van der Waals surface area contributed by atoms with Gasteiger partial charge in [0.2, 0.25) is 10.0 Å². The zero-order valence-corrected chi connectivity index (χ0v) is 13.2. The molecule has 0 aliphatic heterocycles. The molecule has 0 heterocycles. The Hall–Kier alpha value is -1.11. The molecule has 0 spiro atoms. The molecule has 2 aromatic carbocycles. The molecule has 0 aromatic heterocycles. The van der Waals surface area contributed by atoms with E-state index in [0.717, 1.165) is 0 Å². The summed E-state index contributed by atoms with van der Waals surface area (Å²) in [5.74, 6) is 0. The van der Waals surface area contributed by atoms with E-state index in [1.807, 2.05) is 0 Å². The van der Waals surface area contributed by atoms with Gasteiger partial charge in [-0.2, -0.15) is 0 Å². The molecule has 2 aromatic rings. The van der Waals surface area contributed by atoms with Crippen LogP contribution in [0.15, 0.2) is 47.4 Å². The van der Waals surface area contributed by atoms with Crippen LogP contribution in [-0.2, 0) is 23.2 Å². The summed E-state index contributed by atoms with van der Waals surface area (Å²) < 4.78 is 26.9. The highest BCUT2D eigenvalue weighted by Gasteiger charge is 2.15. The predicted octanol–water partition coefficient (Wildman–Crippen LogP) is 2.96. The number of halogens is 2. The summed E-state index contributed by atoms with van der Waals surface area (Å²) in [4.78, 5) is 0.0387. The van der Waals surface area contributed by atoms with Crippen LogP contribution in [0.3, 0.4) is 0 Å². The quantitative estimate of drug-likeness (QED) is 0.875. The van der Waals surface area contributed by atoms with E-state index < -0.39 is 10.0 Å². The van der Waals surface area contributed by atoms with Gasteiger partial charge in [-0.15, -0.1) is 0 Å². The molecule has 0 unspecified atom stereocenters. The lowest BCUT2D eigenvalue weighted by molar-refractivity contribution is 0.282. The zero-order valence-electron chi connectivity index (χ0n) is 10.9. The number of aliphatic hydroxyl groups is 1. The molecule has 0 radical (unpaired) electrons. The van der Waals surface area contributed by atoms with Crippen molar-refractivity contribution in [3.05, 3.63) is 63.6 Å². The number of hydrogen-bond donors (Lipinski definition) is 2. The standard InChI is InChI=1S/C14H13Cl2NO3S/c15-13-4-2-1-3-10(13)8-17-21(19,20)12-6-5-11(9-18)14(16)7-12/h1-7,17-18H,8-9H2. The first kappa shape index (κ1) is 16.3. The van der Waals surface area contributed by atoms with E-state index in [-0.39, 0.29) is 23.1 Å². The van der Waals surface area contributed by atoms with Crippen LogP contribution in [-0.4, -0.2) is 13.5 Å². The van der Waals surface area contributed by atoms with E-state index >= 15 is 0 Å². The molecular weight excluding hydrogens is 333 g/mol. The van der Waals surface area contributed by atoms with Crippen LogP contribution < -0.4 is 4.72 Å². The second-order valence-corrected chi connectivity index (χ2v) is 6.91. The van der Waals surface area contributed by atoms with E-state index in [1.165, 1.54) is 18.2 Å². The lowest BCUT2D eigenvalue weighted by Gasteiger charge is -2.09. The number of benzene rings is 2. The number of rotatable bonds is 5. The van der Waals surface area contributed by atoms with Crippen molar-refractivity contribution in [3.63, 3.8) is 0 Å². The Bertz CT molecular complexity index is 748. The normalized spacial score (nSPS) is 11.6. The Balaban J connectivity index is 2.19. The SMILES string of the molecule is O=S(=O)(NCc1ccccc1Cl)c1ccc(CO)c(Cl)c1. The maximum atomic E-state index is 12.2. The van der Waals surface area contributed by atoms with Gasteiger partial charge in [0.05, 0.1) is 11.5 Å². The van der Waals surface area contributed by atoms with Gasteiger partial charge in [0.25, 0.3) is 0 Å². The van der Waals surface area contributed by atoms with Crippen molar-refractivity contribution in [2.75, 3.05) is 0 Å². The first-order valence-electron chi connectivity index (χ1n) is 6.06. The summed E-state index contributed by atoms with van der Waals surface area (Å²) in [5, 5.41) is 9.73. The summed E-state index contributed by atoms with van der Waals surface area (Å²) in [6.07, 6.45) is 0. The molecule has 0 fully saturated rings. The van der Waals surface area contributed by atoms with E-state index in [2.05, 4.69) is 4.72 Å². The molecule has 4 nitrogen and oxygen atoms in total. The van der Waals surface area contributed by atoms with Gasteiger partial charge in [0.1, 0.15) is 0 Å². The second kappa shape index (κ2) is 6.77. The smallest absolute Gasteiger partial charge is 0.240 e. The van der Waals surface area contributed by atoms with Crippen LogP contribution in [0.2, 0.25) is 10.0 Å². The average Bonchev–Trinajstić information content (AvgIpc) is 2.46. The monoisotopic (exact) mass is 345 g/mol. The Kier molecular flexibility index (Phi) is 5.24. The maximum Gasteiger partial charge on any atom is 0.240 e. The molecular formula is C14H13Cl2NO3S. The van der Waals surface area contributed by atoms with Crippen LogP contribution in [0.4, 0.5) is 0 Å². The number of sulfonamides is 1.